The van der Waals surface area contributed by atoms with Gasteiger partial charge in [-0.3, -0.25) is 4.79 Å². The fourth-order valence-electron chi connectivity index (χ4n) is 1.30. The van der Waals surface area contributed by atoms with Crippen molar-refractivity contribution in [1.82, 2.24) is 15.1 Å². The molecule has 0 aromatic carbocycles. The van der Waals surface area contributed by atoms with Crippen molar-refractivity contribution in [3.63, 3.8) is 0 Å². The molecule has 16 heavy (non-hydrogen) atoms. The van der Waals surface area contributed by atoms with E-state index in [0.717, 1.165) is 5.56 Å². The average Bonchev–Trinajstić information content (AvgIpc) is 2.19. The summed E-state index contributed by atoms with van der Waals surface area (Å²) in [5.41, 5.74) is 0.652. The highest BCUT2D eigenvalue weighted by molar-refractivity contribution is 5.02. The minimum Gasteiger partial charge on any atom is -0.390 e. The first-order valence-corrected chi connectivity index (χ1v) is 5.44. The largest absolute Gasteiger partial charge is 0.390 e. The van der Waals surface area contributed by atoms with Crippen LogP contribution in [0, 0.1) is 6.92 Å². The standard InChI is InChI=1S/C11H19N3O2/c1-8(2)12-6-10(15)7-14-11(16)4-9(3)5-13-14/h4-5,8,10,12,15H,6-7H2,1-3H3. The Morgan fingerprint density at radius 2 is 2.25 bits per heavy atom. The maximum Gasteiger partial charge on any atom is 0.267 e. The lowest BCUT2D eigenvalue weighted by atomic mass is 10.3. The lowest BCUT2D eigenvalue weighted by Crippen LogP contribution is -2.37. The molecular formula is C11H19N3O2. The summed E-state index contributed by atoms with van der Waals surface area (Å²) in [5.74, 6) is 0. The second-order valence-corrected chi connectivity index (χ2v) is 4.27. The number of rotatable bonds is 5. The highest BCUT2D eigenvalue weighted by Crippen LogP contribution is 1.90. The van der Waals surface area contributed by atoms with Crippen LogP contribution in [0.2, 0.25) is 0 Å². The Bertz CT molecular complexity index is 387. The van der Waals surface area contributed by atoms with Crippen molar-refractivity contribution in [2.24, 2.45) is 0 Å². The van der Waals surface area contributed by atoms with E-state index in [9.17, 15) is 9.90 Å². The smallest absolute Gasteiger partial charge is 0.267 e. The van der Waals surface area contributed by atoms with Crippen molar-refractivity contribution in [2.75, 3.05) is 6.54 Å². The molecule has 90 valence electrons. The van der Waals surface area contributed by atoms with Gasteiger partial charge in [0.1, 0.15) is 0 Å². The molecule has 1 unspecified atom stereocenters. The molecule has 0 saturated carbocycles. The Morgan fingerprint density at radius 1 is 1.56 bits per heavy atom. The number of aliphatic hydroxyl groups is 1. The predicted octanol–water partition coefficient (Wildman–Crippen LogP) is -0.0894. The van der Waals surface area contributed by atoms with Gasteiger partial charge in [-0.1, -0.05) is 13.8 Å². The highest BCUT2D eigenvalue weighted by atomic mass is 16.3. The monoisotopic (exact) mass is 225 g/mol. The van der Waals surface area contributed by atoms with Gasteiger partial charge in [0.05, 0.1) is 18.8 Å². The summed E-state index contributed by atoms with van der Waals surface area (Å²) < 4.78 is 1.28. The molecule has 5 nitrogen and oxygen atoms in total. The third-order valence-corrected chi connectivity index (χ3v) is 2.15. The second-order valence-electron chi connectivity index (χ2n) is 4.27. The van der Waals surface area contributed by atoms with Gasteiger partial charge >= 0.3 is 0 Å². The van der Waals surface area contributed by atoms with Gasteiger partial charge in [0, 0.05) is 18.7 Å². The maximum absolute atomic E-state index is 11.5. The van der Waals surface area contributed by atoms with Crippen molar-refractivity contribution < 1.29 is 5.11 Å². The summed E-state index contributed by atoms with van der Waals surface area (Å²) in [6.45, 7) is 6.50. The zero-order chi connectivity index (χ0) is 12.1. The third-order valence-electron chi connectivity index (χ3n) is 2.15. The number of nitrogens with zero attached hydrogens (tertiary/aromatic N) is 2. The van der Waals surface area contributed by atoms with Crippen LogP contribution in [0.4, 0.5) is 0 Å². The van der Waals surface area contributed by atoms with Gasteiger partial charge in [-0.2, -0.15) is 5.10 Å². The first-order valence-electron chi connectivity index (χ1n) is 5.44. The Hall–Kier alpha value is -1.20. The summed E-state index contributed by atoms with van der Waals surface area (Å²) in [7, 11) is 0. The van der Waals surface area contributed by atoms with E-state index in [0.29, 0.717) is 12.6 Å². The summed E-state index contributed by atoms with van der Waals surface area (Å²) in [6, 6.07) is 1.83. The van der Waals surface area contributed by atoms with Gasteiger partial charge in [-0.25, -0.2) is 4.68 Å². The Kier molecular flexibility index (Phi) is 4.64. The van der Waals surface area contributed by atoms with Crippen LogP contribution in [-0.2, 0) is 6.54 Å². The molecule has 0 bridgehead atoms. The van der Waals surface area contributed by atoms with E-state index < -0.39 is 6.10 Å². The van der Waals surface area contributed by atoms with Crippen molar-refractivity contribution in [3.05, 3.63) is 28.2 Å². The molecule has 0 fully saturated rings. The van der Waals surface area contributed by atoms with Crippen molar-refractivity contribution in [1.29, 1.82) is 0 Å². The van der Waals surface area contributed by atoms with Gasteiger partial charge < -0.3 is 10.4 Å². The second kappa shape index (κ2) is 5.77. The van der Waals surface area contributed by atoms with Crippen LogP contribution in [0.25, 0.3) is 0 Å². The molecule has 0 aliphatic rings. The van der Waals surface area contributed by atoms with Gasteiger partial charge in [0.15, 0.2) is 0 Å². The lowest BCUT2D eigenvalue weighted by Gasteiger charge is -2.14. The zero-order valence-electron chi connectivity index (χ0n) is 9.97. The van der Waals surface area contributed by atoms with Gasteiger partial charge in [0.25, 0.3) is 5.56 Å². The van der Waals surface area contributed by atoms with Crippen molar-refractivity contribution in [3.8, 4) is 0 Å². The van der Waals surface area contributed by atoms with E-state index in [4.69, 9.17) is 0 Å². The summed E-state index contributed by atoms with van der Waals surface area (Å²) in [5, 5.41) is 16.7. The molecule has 0 aliphatic carbocycles. The third kappa shape index (κ3) is 4.12. The molecule has 0 saturated heterocycles. The quantitative estimate of drug-likeness (QED) is 0.735. The molecule has 0 aliphatic heterocycles. The topological polar surface area (TPSA) is 67.2 Å². The number of hydrogen-bond acceptors (Lipinski definition) is 4. The van der Waals surface area contributed by atoms with E-state index in [1.807, 2.05) is 20.8 Å². The van der Waals surface area contributed by atoms with Crippen LogP contribution in [-0.4, -0.2) is 33.6 Å². The Morgan fingerprint density at radius 3 is 2.81 bits per heavy atom. The average molecular weight is 225 g/mol. The molecular weight excluding hydrogens is 206 g/mol. The van der Waals surface area contributed by atoms with E-state index in [1.54, 1.807) is 6.20 Å². The number of aryl methyl sites for hydroxylation is 1. The minimum absolute atomic E-state index is 0.177. The van der Waals surface area contributed by atoms with E-state index in [1.165, 1.54) is 10.7 Å². The molecule has 2 N–H and O–H groups in total. The molecule has 5 heteroatoms. The Balaban J connectivity index is 2.56. The summed E-state index contributed by atoms with van der Waals surface area (Å²) >= 11 is 0. The Labute approximate surface area is 95.1 Å². The fourth-order valence-corrected chi connectivity index (χ4v) is 1.30. The number of hydrogen-bond donors (Lipinski definition) is 2. The number of nitrogens with one attached hydrogen (secondary N) is 1. The van der Waals surface area contributed by atoms with Crippen LogP contribution in [0.5, 0.6) is 0 Å². The zero-order valence-corrected chi connectivity index (χ0v) is 9.97. The van der Waals surface area contributed by atoms with Crippen LogP contribution >= 0.6 is 0 Å². The molecule has 1 aromatic heterocycles. The summed E-state index contributed by atoms with van der Waals surface area (Å²) in [6.07, 6.45) is 1.01. The van der Waals surface area contributed by atoms with Crippen molar-refractivity contribution in [2.45, 2.75) is 39.5 Å². The summed E-state index contributed by atoms with van der Waals surface area (Å²) in [4.78, 5) is 11.5. The molecule has 1 heterocycles. The van der Waals surface area contributed by atoms with Crippen LogP contribution in [0.3, 0.4) is 0 Å². The first-order chi connectivity index (χ1) is 7.49. The molecule has 0 spiro atoms. The minimum atomic E-state index is -0.602. The molecule has 1 atom stereocenters. The van der Waals surface area contributed by atoms with E-state index in [-0.39, 0.29) is 12.1 Å². The first kappa shape index (κ1) is 12.9. The molecule has 0 amide bonds. The van der Waals surface area contributed by atoms with Crippen LogP contribution in [0.1, 0.15) is 19.4 Å². The maximum atomic E-state index is 11.5. The van der Waals surface area contributed by atoms with E-state index >= 15 is 0 Å². The highest BCUT2D eigenvalue weighted by Gasteiger charge is 2.07. The molecule has 1 aromatic rings. The molecule has 1 rings (SSSR count). The molecule has 0 radical (unpaired) electrons. The van der Waals surface area contributed by atoms with Crippen LogP contribution < -0.4 is 10.9 Å². The number of aliphatic hydroxyl groups excluding tert-OH is 1. The number of aromatic nitrogens is 2. The normalized spacial score (nSPS) is 13.1. The van der Waals surface area contributed by atoms with Gasteiger partial charge in [-0.05, 0) is 12.5 Å². The van der Waals surface area contributed by atoms with Crippen LogP contribution in [0.15, 0.2) is 17.1 Å². The van der Waals surface area contributed by atoms with Gasteiger partial charge in [-0.15, -0.1) is 0 Å². The van der Waals surface area contributed by atoms with Gasteiger partial charge in [0.2, 0.25) is 0 Å². The van der Waals surface area contributed by atoms with E-state index in [2.05, 4.69) is 10.4 Å². The predicted molar refractivity (Wildman–Crippen MR) is 62.4 cm³/mol. The SMILES string of the molecule is Cc1cnn(CC(O)CNC(C)C)c(=O)c1. The lowest BCUT2D eigenvalue weighted by molar-refractivity contribution is 0.142. The van der Waals surface area contributed by atoms with Crippen molar-refractivity contribution >= 4 is 0 Å². The fraction of sp³-hybridized carbons (Fsp3) is 0.636.